The molecule has 2 heteroatoms. The average molecular weight is 319 g/mol. The van der Waals surface area contributed by atoms with E-state index in [1.54, 1.807) is 7.11 Å². The first-order chi connectivity index (χ1) is 10.8. The van der Waals surface area contributed by atoms with Gasteiger partial charge in [-0.2, -0.15) is 0 Å². The smallest absolute Gasteiger partial charge is 0.0923 e. The molecule has 0 N–H and O–H groups in total. The SMILES string of the molecule is COC(C)(C)/C1=C/C=C(\C)CC[C@H]2O[C@@]2(C)CC/C=C(\C)CC1. The predicted octanol–water partition coefficient (Wildman–Crippen LogP) is 5.74. The van der Waals surface area contributed by atoms with Gasteiger partial charge in [-0.1, -0.05) is 29.4 Å². The molecule has 1 saturated heterocycles. The zero-order valence-electron chi connectivity index (χ0n) is 15.9. The number of fused-ring (bicyclic) bond motifs is 1. The molecule has 0 aromatic heterocycles. The maximum absolute atomic E-state index is 5.96. The molecule has 23 heavy (non-hydrogen) atoms. The van der Waals surface area contributed by atoms with Gasteiger partial charge in [0.1, 0.15) is 0 Å². The van der Waals surface area contributed by atoms with Crippen molar-refractivity contribution in [2.24, 2.45) is 0 Å². The second-order valence-corrected chi connectivity index (χ2v) is 7.97. The fourth-order valence-electron chi connectivity index (χ4n) is 3.32. The normalized spacial score (nSPS) is 37.3. The summed E-state index contributed by atoms with van der Waals surface area (Å²) < 4.78 is 11.7. The average Bonchev–Trinajstić information content (AvgIpc) is 3.14. The van der Waals surface area contributed by atoms with Crippen LogP contribution >= 0.6 is 0 Å². The van der Waals surface area contributed by atoms with Crippen LogP contribution in [0.5, 0.6) is 0 Å². The molecule has 1 aliphatic heterocycles. The zero-order chi connectivity index (χ0) is 17.1. The molecule has 0 unspecified atom stereocenters. The molecule has 0 radical (unpaired) electrons. The molecule has 2 nitrogen and oxygen atoms in total. The van der Waals surface area contributed by atoms with Gasteiger partial charge in [-0.25, -0.2) is 0 Å². The van der Waals surface area contributed by atoms with Crippen LogP contribution in [0.4, 0.5) is 0 Å². The minimum Gasteiger partial charge on any atom is -0.374 e. The number of allylic oxidation sites excluding steroid dienone is 5. The van der Waals surface area contributed by atoms with E-state index in [0.717, 1.165) is 38.5 Å². The maximum Gasteiger partial charge on any atom is 0.0923 e. The van der Waals surface area contributed by atoms with E-state index in [4.69, 9.17) is 9.47 Å². The van der Waals surface area contributed by atoms with Gasteiger partial charge in [0.25, 0.3) is 0 Å². The molecule has 2 rings (SSSR count). The Labute approximate surface area is 142 Å². The van der Waals surface area contributed by atoms with Crippen LogP contribution in [-0.4, -0.2) is 24.4 Å². The Balaban J connectivity index is 2.18. The van der Waals surface area contributed by atoms with Crippen LogP contribution in [0.1, 0.15) is 73.1 Å². The van der Waals surface area contributed by atoms with Crippen LogP contribution in [-0.2, 0) is 9.47 Å². The Hall–Kier alpha value is -0.860. The first kappa shape index (κ1) is 18.5. The molecule has 0 spiro atoms. The summed E-state index contributed by atoms with van der Waals surface area (Å²) in [6, 6.07) is 0. The van der Waals surface area contributed by atoms with E-state index in [1.165, 1.54) is 16.7 Å². The molecule has 1 heterocycles. The molecular weight excluding hydrogens is 284 g/mol. The van der Waals surface area contributed by atoms with Crippen molar-refractivity contribution >= 4 is 0 Å². The molecule has 2 aliphatic rings. The van der Waals surface area contributed by atoms with E-state index in [1.807, 2.05) is 0 Å². The minimum absolute atomic E-state index is 0.125. The molecule has 0 bridgehead atoms. The van der Waals surface area contributed by atoms with Crippen molar-refractivity contribution in [2.75, 3.05) is 7.11 Å². The highest BCUT2D eigenvalue weighted by molar-refractivity contribution is 5.24. The lowest BCUT2D eigenvalue weighted by Crippen LogP contribution is -2.25. The second-order valence-electron chi connectivity index (χ2n) is 7.97. The van der Waals surface area contributed by atoms with Crippen molar-refractivity contribution in [3.05, 3.63) is 34.9 Å². The topological polar surface area (TPSA) is 21.8 Å². The number of hydrogen-bond acceptors (Lipinski definition) is 2. The molecule has 0 aromatic rings. The first-order valence-electron chi connectivity index (χ1n) is 9.02. The van der Waals surface area contributed by atoms with Gasteiger partial charge in [0.05, 0.1) is 17.3 Å². The third kappa shape index (κ3) is 5.06. The Morgan fingerprint density at radius 1 is 1.13 bits per heavy atom. The number of rotatable bonds is 2. The fourth-order valence-corrected chi connectivity index (χ4v) is 3.32. The summed E-state index contributed by atoms with van der Waals surface area (Å²) >= 11 is 0. The van der Waals surface area contributed by atoms with Crippen molar-refractivity contribution in [2.45, 2.75) is 90.4 Å². The van der Waals surface area contributed by atoms with Crippen LogP contribution in [0.3, 0.4) is 0 Å². The summed E-state index contributed by atoms with van der Waals surface area (Å²) in [5.41, 5.74) is 4.20. The lowest BCUT2D eigenvalue weighted by molar-refractivity contribution is 0.0522. The second kappa shape index (κ2) is 7.36. The van der Waals surface area contributed by atoms with Gasteiger partial charge in [0.15, 0.2) is 0 Å². The first-order valence-corrected chi connectivity index (χ1v) is 9.02. The largest absolute Gasteiger partial charge is 0.374 e. The van der Waals surface area contributed by atoms with Crippen LogP contribution in [0, 0.1) is 0 Å². The fraction of sp³-hybridized carbons (Fsp3) is 0.714. The predicted molar refractivity (Wildman–Crippen MR) is 97.7 cm³/mol. The van der Waals surface area contributed by atoms with Gasteiger partial charge >= 0.3 is 0 Å². The number of ether oxygens (including phenoxy) is 2. The number of methoxy groups -OCH3 is 1. The van der Waals surface area contributed by atoms with E-state index in [0.29, 0.717) is 6.10 Å². The third-order valence-corrected chi connectivity index (χ3v) is 5.61. The molecular formula is C21H34O2. The van der Waals surface area contributed by atoms with E-state index >= 15 is 0 Å². The minimum atomic E-state index is -0.202. The van der Waals surface area contributed by atoms with Crippen LogP contribution < -0.4 is 0 Å². The van der Waals surface area contributed by atoms with Gasteiger partial charge < -0.3 is 9.47 Å². The van der Waals surface area contributed by atoms with Crippen LogP contribution in [0.15, 0.2) is 34.9 Å². The summed E-state index contributed by atoms with van der Waals surface area (Å²) in [4.78, 5) is 0. The van der Waals surface area contributed by atoms with Crippen molar-refractivity contribution in [1.82, 2.24) is 0 Å². The highest BCUT2D eigenvalue weighted by atomic mass is 16.6. The molecule has 1 aliphatic carbocycles. The van der Waals surface area contributed by atoms with Gasteiger partial charge in [-0.05, 0) is 78.7 Å². The third-order valence-electron chi connectivity index (χ3n) is 5.61. The van der Waals surface area contributed by atoms with Gasteiger partial charge in [0, 0.05) is 7.11 Å². The van der Waals surface area contributed by atoms with Gasteiger partial charge in [-0.15, -0.1) is 0 Å². The Kier molecular flexibility index (Phi) is 5.91. The number of epoxide rings is 1. The van der Waals surface area contributed by atoms with E-state index < -0.39 is 0 Å². The Morgan fingerprint density at radius 3 is 2.57 bits per heavy atom. The molecule has 0 aromatic carbocycles. The summed E-state index contributed by atoms with van der Waals surface area (Å²) in [5, 5.41) is 0. The van der Waals surface area contributed by atoms with Crippen molar-refractivity contribution in [3.8, 4) is 0 Å². The Bertz CT molecular complexity index is 510. The molecule has 0 amide bonds. The van der Waals surface area contributed by atoms with Gasteiger partial charge in [0.2, 0.25) is 0 Å². The van der Waals surface area contributed by atoms with Crippen LogP contribution in [0.2, 0.25) is 0 Å². The lowest BCUT2D eigenvalue weighted by atomic mass is 9.90. The summed E-state index contributed by atoms with van der Waals surface area (Å²) in [6.45, 7) is 11.1. The maximum atomic E-state index is 5.96. The monoisotopic (exact) mass is 318 g/mol. The molecule has 130 valence electrons. The molecule has 2 atom stereocenters. The molecule has 0 saturated carbocycles. The van der Waals surface area contributed by atoms with Crippen molar-refractivity contribution in [1.29, 1.82) is 0 Å². The summed E-state index contributed by atoms with van der Waals surface area (Å²) in [7, 11) is 1.80. The highest BCUT2D eigenvalue weighted by Gasteiger charge is 2.50. The lowest BCUT2D eigenvalue weighted by Gasteiger charge is -2.27. The standard InChI is InChI=1S/C21H34O2/c1-16-8-7-15-21(5)19(23-21)14-11-17(2)10-13-18(12-9-16)20(3,4)22-6/h8,10,13,19H,7,9,11-12,14-15H2,1-6H3/b16-8+,17-10+,18-13+/t19-,21+/m1/s1. The van der Waals surface area contributed by atoms with Gasteiger partial charge in [-0.3, -0.25) is 0 Å². The summed E-state index contributed by atoms with van der Waals surface area (Å²) in [5.74, 6) is 0. The van der Waals surface area contributed by atoms with Crippen molar-refractivity contribution in [3.63, 3.8) is 0 Å². The van der Waals surface area contributed by atoms with E-state index in [-0.39, 0.29) is 11.2 Å². The number of hydrogen-bond donors (Lipinski definition) is 0. The quantitative estimate of drug-likeness (QED) is 0.478. The summed E-state index contributed by atoms with van der Waals surface area (Å²) in [6.07, 6.45) is 14.1. The van der Waals surface area contributed by atoms with Crippen molar-refractivity contribution < 1.29 is 9.47 Å². The van der Waals surface area contributed by atoms with E-state index in [9.17, 15) is 0 Å². The Morgan fingerprint density at radius 2 is 1.87 bits per heavy atom. The van der Waals surface area contributed by atoms with Crippen LogP contribution in [0.25, 0.3) is 0 Å². The van der Waals surface area contributed by atoms with E-state index in [2.05, 4.69) is 52.8 Å². The highest BCUT2D eigenvalue weighted by Crippen LogP contribution is 2.43. The zero-order valence-corrected chi connectivity index (χ0v) is 15.9. The molecule has 1 fully saturated rings.